The van der Waals surface area contributed by atoms with Gasteiger partial charge in [0.1, 0.15) is 16.2 Å². The number of fused-ring (bicyclic) bond motifs is 1. The molecule has 1 fully saturated rings. The standard InChI is InChI=1S/C19H19N3O2S2/c23-17(20-10-14-7-4-8-24-14)11-25-18-15-9-16(13-5-2-1-3-6-13)26-19(15)22-12-21-18/h1-3,5-6,9,12,14H,4,7-8,10-11H2,(H,20,23)/t14-/m1/s1. The van der Waals surface area contributed by atoms with E-state index in [2.05, 4.69) is 33.5 Å². The van der Waals surface area contributed by atoms with E-state index in [0.717, 1.165) is 39.6 Å². The number of amides is 1. The summed E-state index contributed by atoms with van der Waals surface area (Å²) >= 11 is 3.10. The zero-order chi connectivity index (χ0) is 17.8. The van der Waals surface area contributed by atoms with E-state index >= 15 is 0 Å². The van der Waals surface area contributed by atoms with Gasteiger partial charge in [-0.05, 0) is 24.5 Å². The number of carbonyl (C=O) groups is 1. The fourth-order valence-electron chi connectivity index (χ4n) is 2.91. The van der Waals surface area contributed by atoms with Gasteiger partial charge in [-0.3, -0.25) is 4.79 Å². The second-order valence-electron chi connectivity index (χ2n) is 6.10. The molecule has 5 nitrogen and oxygen atoms in total. The Morgan fingerprint density at radius 1 is 1.31 bits per heavy atom. The number of aromatic nitrogens is 2. The van der Waals surface area contributed by atoms with Gasteiger partial charge in [-0.2, -0.15) is 0 Å². The average Bonchev–Trinajstić information content (AvgIpc) is 3.35. The molecule has 4 rings (SSSR count). The van der Waals surface area contributed by atoms with Crippen LogP contribution in [0.3, 0.4) is 0 Å². The lowest BCUT2D eigenvalue weighted by Gasteiger charge is -2.10. The molecule has 7 heteroatoms. The Balaban J connectivity index is 1.43. The molecule has 0 bridgehead atoms. The van der Waals surface area contributed by atoms with Crippen molar-refractivity contribution in [3.63, 3.8) is 0 Å². The molecule has 1 atom stereocenters. The second kappa shape index (κ2) is 8.16. The Bertz CT molecular complexity index is 892. The number of nitrogens with zero attached hydrogens (tertiary/aromatic N) is 2. The van der Waals surface area contributed by atoms with E-state index < -0.39 is 0 Å². The molecule has 1 aromatic carbocycles. The van der Waals surface area contributed by atoms with Crippen LogP contribution in [0.2, 0.25) is 0 Å². The molecule has 3 heterocycles. The van der Waals surface area contributed by atoms with Gasteiger partial charge in [0.2, 0.25) is 5.91 Å². The molecular formula is C19H19N3O2S2. The van der Waals surface area contributed by atoms with E-state index in [1.165, 1.54) is 17.3 Å². The lowest BCUT2D eigenvalue weighted by molar-refractivity contribution is -0.119. The van der Waals surface area contributed by atoms with Crippen molar-refractivity contribution in [1.29, 1.82) is 0 Å². The smallest absolute Gasteiger partial charge is 0.230 e. The molecule has 134 valence electrons. The van der Waals surface area contributed by atoms with Crippen LogP contribution in [0, 0.1) is 0 Å². The minimum absolute atomic E-state index is 0.00998. The maximum absolute atomic E-state index is 12.1. The molecule has 1 aliphatic heterocycles. The fourth-order valence-corrected chi connectivity index (χ4v) is 4.78. The maximum atomic E-state index is 12.1. The quantitative estimate of drug-likeness (QED) is 0.517. The van der Waals surface area contributed by atoms with E-state index in [1.54, 1.807) is 17.7 Å². The minimum Gasteiger partial charge on any atom is -0.376 e. The van der Waals surface area contributed by atoms with Gasteiger partial charge in [0, 0.05) is 23.4 Å². The van der Waals surface area contributed by atoms with Crippen molar-refractivity contribution in [2.75, 3.05) is 18.9 Å². The van der Waals surface area contributed by atoms with Gasteiger partial charge in [-0.25, -0.2) is 9.97 Å². The van der Waals surface area contributed by atoms with Gasteiger partial charge >= 0.3 is 0 Å². The highest BCUT2D eigenvalue weighted by atomic mass is 32.2. The van der Waals surface area contributed by atoms with Crippen LogP contribution in [0.15, 0.2) is 47.8 Å². The van der Waals surface area contributed by atoms with Gasteiger partial charge in [0.15, 0.2) is 0 Å². The average molecular weight is 386 g/mol. The third-order valence-electron chi connectivity index (χ3n) is 4.24. The SMILES string of the molecule is O=C(CSc1ncnc2sc(-c3ccccc3)cc12)NC[C@H]1CCCO1. The van der Waals surface area contributed by atoms with Crippen LogP contribution in [0.4, 0.5) is 0 Å². The number of carbonyl (C=O) groups excluding carboxylic acids is 1. The Kier molecular flexibility index (Phi) is 5.48. The summed E-state index contributed by atoms with van der Waals surface area (Å²) in [7, 11) is 0. The Morgan fingerprint density at radius 2 is 2.19 bits per heavy atom. The third-order valence-corrected chi connectivity index (χ3v) is 6.34. The first-order chi connectivity index (χ1) is 12.8. The minimum atomic E-state index is 0.00998. The summed E-state index contributed by atoms with van der Waals surface area (Å²) in [6.45, 7) is 1.39. The number of nitrogens with one attached hydrogen (secondary N) is 1. The fraction of sp³-hybridized carbons (Fsp3) is 0.316. The number of thiophene rings is 1. The maximum Gasteiger partial charge on any atom is 0.230 e. The number of thioether (sulfide) groups is 1. The topological polar surface area (TPSA) is 64.1 Å². The van der Waals surface area contributed by atoms with E-state index in [-0.39, 0.29) is 12.0 Å². The van der Waals surface area contributed by atoms with Crippen LogP contribution in [-0.2, 0) is 9.53 Å². The lowest BCUT2D eigenvalue weighted by Crippen LogP contribution is -2.32. The lowest BCUT2D eigenvalue weighted by atomic mass is 10.2. The van der Waals surface area contributed by atoms with Crippen LogP contribution in [-0.4, -0.2) is 40.9 Å². The van der Waals surface area contributed by atoms with Crippen molar-refractivity contribution >= 4 is 39.2 Å². The second-order valence-corrected chi connectivity index (χ2v) is 8.10. The molecule has 0 aliphatic carbocycles. The van der Waals surface area contributed by atoms with E-state index in [9.17, 15) is 4.79 Å². The Hall–Kier alpha value is -1.96. The molecule has 2 aromatic heterocycles. The monoisotopic (exact) mass is 385 g/mol. The zero-order valence-electron chi connectivity index (χ0n) is 14.2. The summed E-state index contributed by atoms with van der Waals surface area (Å²) in [4.78, 5) is 23.0. The Morgan fingerprint density at radius 3 is 3.00 bits per heavy atom. The highest BCUT2D eigenvalue weighted by molar-refractivity contribution is 8.00. The summed E-state index contributed by atoms with van der Waals surface area (Å²) < 4.78 is 5.53. The number of hydrogen-bond donors (Lipinski definition) is 1. The molecular weight excluding hydrogens is 366 g/mol. The number of ether oxygens (including phenoxy) is 1. The first kappa shape index (κ1) is 17.5. The highest BCUT2D eigenvalue weighted by Gasteiger charge is 2.17. The molecule has 1 aliphatic rings. The molecule has 1 saturated heterocycles. The molecule has 1 N–H and O–H groups in total. The summed E-state index contributed by atoms with van der Waals surface area (Å²) in [5.41, 5.74) is 1.17. The van der Waals surface area contributed by atoms with Crippen LogP contribution in [0.1, 0.15) is 12.8 Å². The first-order valence-electron chi connectivity index (χ1n) is 8.60. The number of rotatable bonds is 6. The molecule has 0 radical (unpaired) electrons. The predicted molar refractivity (Wildman–Crippen MR) is 106 cm³/mol. The van der Waals surface area contributed by atoms with Crippen molar-refractivity contribution in [1.82, 2.24) is 15.3 Å². The highest BCUT2D eigenvalue weighted by Crippen LogP contribution is 2.35. The van der Waals surface area contributed by atoms with Crippen molar-refractivity contribution in [3.8, 4) is 10.4 Å². The summed E-state index contributed by atoms with van der Waals surface area (Å²) in [6, 6.07) is 12.3. The van der Waals surface area contributed by atoms with Gasteiger partial charge in [-0.15, -0.1) is 11.3 Å². The van der Waals surface area contributed by atoms with Crippen LogP contribution in [0.5, 0.6) is 0 Å². The van der Waals surface area contributed by atoms with Gasteiger partial charge in [0.25, 0.3) is 0 Å². The summed E-state index contributed by atoms with van der Waals surface area (Å²) in [6.07, 6.45) is 3.84. The van der Waals surface area contributed by atoms with Crippen molar-refractivity contribution < 1.29 is 9.53 Å². The number of hydrogen-bond acceptors (Lipinski definition) is 6. The summed E-state index contributed by atoms with van der Waals surface area (Å²) in [5, 5.41) is 4.80. The molecule has 0 unspecified atom stereocenters. The third kappa shape index (κ3) is 4.06. The number of benzene rings is 1. The molecule has 1 amide bonds. The molecule has 0 spiro atoms. The first-order valence-corrected chi connectivity index (χ1v) is 10.4. The van der Waals surface area contributed by atoms with Crippen LogP contribution in [0.25, 0.3) is 20.7 Å². The summed E-state index contributed by atoms with van der Waals surface area (Å²) in [5.74, 6) is 0.353. The van der Waals surface area contributed by atoms with E-state index in [0.29, 0.717) is 12.3 Å². The van der Waals surface area contributed by atoms with Crippen LogP contribution < -0.4 is 5.32 Å². The van der Waals surface area contributed by atoms with Crippen molar-refractivity contribution in [2.24, 2.45) is 0 Å². The largest absolute Gasteiger partial charge is 0.376 e. The molecule has 3 aromatic rings. The van der Waals surface area contributed by atoms with Gasteiger partial charge in [0.05, 0.1) is 11.9 Å². The predicted octanol–water partition coefficient (Wildman–Crippen LogP) is 3.75. The van der Waals surface area contributed by atoms with E-state index in [1.807, 2.05) is 18.2 Å². The van der Waals surface area contributed by atoms with Gasteiger partial charge in [-0.1, -0.05) is 42.1 Å². The normalized spacial score (nSPS) is 16.8. The van der Waals surface area contributed by atoms with Crippen molar-refractivity contribution in [2.45, 2.75) is 24.0 Å². The molecule has 26 heavy (non-hydrogen) atoms. The van der Waals surface area contributed by atoms with Crippen molar-refractivity contribution in [3.05, 3.63) is 42.7 Å². The van der Waals surface area contributed by atoms with Crippen LogP contribution >= 0.6 is 23.1 Å². The van der Waals surface area contributed by atoms with E-state index in [4.69, 9.17) is 4.74 Å². The molecule has 0 saturated carbocycles. The zero-order valence-corrected chi connectivity index (χ0v) is 15.8. The van der Waals surface area contributed by atoms with Gasteiger partial charge < -0.3 is 10.1 Å². The Labute approximate surface area is 160 Å².